The van der Waals surface area contributed by atoms with Crippen molar-refractivity contribution >= 4 is 5.91 Å². The molecule has 27 heavy (non-hydrogen) atoms. The minimum absolute atomic E-state index is 0.00823. The van der Waals surface area contributed by atoms with Crippen molar-refractivity contribution in [2.75, 3.05) is 0 Å². The molecule has 0 saturated carbocycles. The average molecular weight is 368 g/mol. The maximum Gasteiger partial charge on any atom is 0.261 e. The summed E-state index contributed by atoms with van der Waals surface area (Å²) in [4.78, 5) is 12.6. The molecule has 0 aromatic heterocycles. The molecule has 0 radical (unpaired) electrons. The van der Waals surface area contributed by atoms with Crippen LogP contribution in [0.4, 0.5) is 0 Å². The fraction of sp³-hybridized carbons (Fsp3) is 0.458. The predicted molar refractivity (Wildman–Crippen MR) is 112 cm³/mol. The van der Waals surface area contributed by atoms with Crippen LogP contribution in [0, 0.1) is 13.8 Å². The van der Waals surface area contributed by atoms with Crippen LogP contribution >= 0.6 is 0 Å². The number of hydrogen-bond donors (Lipinski definition) is 1. The predicted octanol–water partition coefficient (Wildman–Crippen LogP) is 5.64. The fourth-order valence-corrected chi connectivity index (χ4v) is 2.98. The van der Waals surface area contributed by atoms with Gasteiger partial charge in [-0.2, -0.15) is 0 Å². The van der Waals surface area contributed by atoms with E-state index in [9.17, 15) is 4.79 Å². The smallest absolute Gasteiger partial charge is 0.261 e. The number of aryl methyl sites for hydroxylation is 2. The molecule has 0 heterocycles. The van der Waals surface area contributed by atoms with Crippen molar-refractivity contribution in [1.29, 1.82) is 0 Å². The van der Waals surface area contributed by atoms with E-state index in [-0.39, 0.29) is 17.4 Å². The second-order valence-corrected chi connectivity index (χ2v) is 8.35. The van der Waals surface area contributed by atoms with Gasteiger partial charge >= 0.3 is 0 Å². The van der Waals surface area contributed by atoms with E-state index in [1.165, 1.54) is 16.7 Å². The quantitative estimate of drug-likeness (QED) is 0.718. The van der Waals surface area contributed by atoms with E-state index >= 15 is 0 Å². The van der Waals surface area contributed by atoms with Crippen LogP contribution < -0.4 is 10.1 Å². The van der Waals surface area contributed by atoms with E-state index in [1.807, 2.05) is 12.1 Å². The molecule has 3 nitrogen and oxygen atoms in total. The molecule has 0 aliphatic heterocycles. The number of carbonyl (C=O) groups excluding carboxylic acids is 1. The molecule has 2 aromatic rings. The molecule has 3 heteroatoms. The normalized spacial score (nSPS) is 13.7. The van der Waals surface area contributed by atoms with E-state index in [2.05, 4.69) is 77.2 Å². The van der Waals surface area contributed by atoms with Gasteiger partial charge in [0, 0.05) is 0 Å². The molecule has 2 atom stereocenters. The Hall–Kier alpha value is -2.29. The molecule has 1 N–H and O–H groups in total. The van der Waals surface area contributed by atoms with Crippen LogP contribution in [0.15, 0.2) is 42.5 Å². The Morgan fingerprint density at radius 2 is 1.67 bits per heavy atom. The summed E-state index contributed by atoms with van der Waals surface area (Å²) in [5, 5.41) is 3.12. The molecule has 0 spiro atoms. The van der Waals surface area contributed by atoms with Gasteiger partial charge in [-0.05, 0) is 67.0 Å². The summed E-state index contributed by atoms with van der Waals surface area (Å²) >= 11 is 0. The summed E-state index contributed by atoms with van der Waals surface area (Å²) in [6.45, 7) is 14.6. The van der Waals surface area contributed by atoms with Crippen LogP contribution in [-0.2, 0) is 10.2 Å². The number of amides is 1. The maximum absolute atomic E-state index is 12.6. The van der Waals surface area contributed by atoms with E-state index in [0.717, 1.165) is 12.0 Å². The van der Waals surface area contributed by atoms with E-state index < -0.39 is 6.10 Å². The van der Waals surface area contributed by atoms with Crippen LogP contribution in [0.3, 0.4) is 0 Å². The van der Waals surface area contributed by atoms with Crippen LogP contribution in [0.1, 0.15) is 69.3 Å². The van der Waals surface area contributed by atoms with Crippen molar-refractivity contribution in [2.24, 2.45) is 0 Å². The highest BCUT2D eigenvalue weighted by atomic mass is 16.5. The summed E-state index contributed by atoms with van der Waals surface area (Å²) in [5.41, 5.74) is 4.98. The number of carbonyl (C=O) groups is 1. The molecule has 2 aromatic carbocycles. The molecule has 0 saturated heterocycles. The SMILES string of the molecule is CC[C@@H](NC(=O)[C@H](C)Oc1ccc(C(C)(C)C)cc1)c1ccc(C)c(C)c1. The average Bonchev–Trinajstić information content (AvgIpc) is 2.61. The highest BCUT2D eigenvalue weighted by molar-refractivity contribution is 5.81. The lowest BCUT2D eigenvalue weighted by molar-refractivity contribution is -0.128. The van der Waals surface area contributed by atoms with Gasteiger partial charge in [-0.25, -0.2) is 0 Å². The van der Waals surface area contributed by atoms with Crippen molar-refractivity contribution in [1.82, 2.24) is 5.32 Å². The zero-order valence-corrected chi connectivity index (χ0v) is 17.7. The Balaban J connectivity index is 2.02. The molecule has 0 aliphatic rings. The van der Waals surface area contributed by atoms with E-state index in [4.69, 9.17) is 4.74 Å². The van der Waals surface area contributed by atoms with Crippen molar-refractivity contribution in [3.05, 3.63) is 64.7 Å². The first-order valence-corrected chi connectivity index (χ1v) is 9.76. The highest BCUT2D eigenvalue weighted by Gasteiger charge is 2.20. The van der Waals surface area contributed by atoms with Gasteiger partial charge in [-0.15, -0.1) is 0 Å². The maximum atomic E-state index is 12.6. The number of rotatable bonds is 6. The Kier molecular flexibility index (Phi) is 6.69. The molecule has 2 rings (SSSR count). The molecule has 0 aliphatic carbocycles. The first-order chi connectivity index (χ1) is 12.6. The third-order valence-corrected chi connectivity index (χ3v) is 5.06. The first-order valence-electron chi connectivity index (χ1n) is 9.76. The largest absolute Gasteiger partial charge is 0.481 e. The zero-order valence-electron chi connectivity index (χ0n) is 17.7. The molecule has 146 valence electrons. The minimum Gasteiger partial charge on any atom is -0.481 e. The molecular formula is C24H33NO2. The van der Waals surface area contributed by atoms with E-state index in [1.54, 1.807) is 6.92 Å². The Bertz CT molecular complexity index is 772. The first kappa shape index (κ1) is 21.0. The molecule has 0 bridgehead atoms. The number of nitrogens with one attached hydrogen (secondary N) is 1. The van der Waals surface area contributed by atoms with Crippen molar-refractivity contribution in [3.63, 3.8) is 0 Å². The van der Waals surface area contributed by atoms with Crippen molar-refractivity contribution < 1.29 is 9.53 Å². The van der Waals surface area contributed by atoms with Crippen LogP contribution in [-0.4, -0.2) is 12.0 Å². The molecule has 0 unspecified atom stereocenters. The second kappa shape index (κ2) is 8.60. The minimum atomic E-state index is -0.550. The monoisotopic (exact) mass is 367 g/mol. The highest BCUT2D eigenvalue weighted by Crippen LogP contribution is 2.25. The van der Waals surface area contributed by atoms with Crippen molar-refractivity contribution in [3.8, 4) is 5.75 Å². The van der Waals surface area contributed by atoms with Gasteiger partial charge in [0.05, 0.1) is 6.04 Å². The third-order valence-electron chi connectivity index (χ3n) is 5.06. The molecule has 0 fully saturated rings. The van der Waals surface area contributed by atoms with Gasteiger partial charge in [0.2, 0.25) is 0 Å². The summed E-state index contributed by atoms with van der Waals surface area (Å²) in [7, 11) is 0. The standard InChI is InChI=1S/C24H33NO2/c1-8-22(19-10-9-16(2)17(3)15-19)25-23(26)18(4)27-21-13-11-20(12-14-21)24(5,6)7/h9-15,18,22H,8H2,1-7H3,(H,25,26)/t18-,22+/m0/s1. The summed E-state index contributed by atoms with van der Waals surface area (Å²) < 4.78 is 5.86. The van der Waals surface area contributed by atoms with Crippen LogP contribution in [0.2, 0.25) is 0 Å². The summed E-state index contributed by atoms with van der Waals surface area (Å²) in [6.07, 6.45) is 0.285. The van der Waals surface area contributed by atoms with Crippen LogP contribution in [0.5, 0.6) is 5.75 Å². The van der Waals surface area contributed by atoms with Gasteiger partial charge in [-0.3, -0.25) is 4.79 Å². The third kappa shape index (κ3) is 5.59. The lowest BCUT2D eigenvalue weighted by atomic mass is 9.87. The van der Waals surface area contributed by atoms with E-state index in [0.29, 0.717) is 5.75 Å². The van der Waals surface area contributed by atoms with Gasteiger partial charge in [-0.1, -0.05) is 58.0 Å². The Morgan fingerprint density at radius 1 is 1.04 bits per heavy atom. The Morgan fingerprint density at radius 3 is 2.19 bits per heavy atom. The van der Waals surface area contributed by atoms with Gasteiger partial charge in [0.1, 0.15) is 5.75 Å². The van der Waals surface area contributed by atoms with Gasteiger partial charge in [0.25, 0.3) is 5.91 Å². The van der Waals surface area contributed by atoms with Crippen LogP contribution in [0.25, 0.3) is 0 Å². The summed E-state index contributed by atoms with van der Waals surface area (Å²) in [6, 6.07) is 14.3. The van der Waals surface area contributed by atoms with Gasteiger partial charge in [0.15, 0.2) is 6.10 Å². The number of hydrogen-bond acceptors (Lipinski definition) is 2. The number of ether oxygens (including phenoxy) is 1. The zero-order chi connectivity index (χ0) is 20.2. The lowest BCUT2D eigenvalue weighted by Gasteiger charge is -2.22. The molecular weight excluding hydrogens is 334 g/mol. The Labute approximate surface area is 164 Å². The lowest BCUT2D eigenvalue weighted by Crippen LogP contribution is -2.38. The topological polar surface area (TPSA) is 38.3 Å². The molecule has 1 amide bonds. The second-order valence-electron chi connectivity index (χ2n) is 8.35. The summed E-state index contributed by atoms with van der Waals surface area (Å²) in [5.74, 6) is 0.616. The number of benzene rings is 2. The fourth-order valence-electron chi connectivity index (χ4n) is 2.98. The van der Waals surface area contributed by atoms with Crippen molar-refractivity contribution in [2.45, 2.75) is 72.4 Å². The van der Waals surface area contributed by atoms with Gasteiger partial charge < -0.3 is 10.1 Å².